The highest BCUT2D eigenvalue weighted by atomic mass is 19.1. The first-order chi connectivity index (χ1) is 12.2. The van der Waals surface area contributed by atoms with Crippen molar-refractivity contribution < 1.29 is 19.0 Å². The lowest BCUT2D eigenvalue weighted by atomic mass is 10.1. The lowest BCUT2D eigenvalue weighted by Crippen LogP contribution is -2.09. The van der Waals surface area contributed by atoms with E-state index >= 15 is 0 Å². The molecule has 0 fully saturated rings. The maximum atomic E-state index is 12.9. The lowest BCUT2D eigenvalue weighted by molar-refractivity contribution is 0.108. The number of hydrogen-bond acceptors (Lipinski definition) is 4. The van der Waals surface area contributed by atoms with Crippen molar-refractivity contribution >= 4 is 0 Å². The van der Waals surface area contributed by atoms with Crippen molar-refractivity contribution in [2.24, 2.45) is 0 Å². The minimum Gasteiger partial charge on any atom is -0.491 e. The van der Waals surface area contributed by atoms with Gasteiger partial charge in [0.25, 0.3) is 0 Å². The normalized spacial score (nSPS) is 11.8. The average molecular weight is 339 g/mol. The first-order valence-electron chi connectivity index (χ1n) is 7.89. The molecule has 1 aromatic heterocycles. The Balaban J connectivity index is 1.49. The Bertz CT molecular complexity index is 776. The van der Waals surface area contributed by atoms with E-state index in [1.165, 1.54) is 12.1 Å². The summed E-state index contributed by atoms with van der Waals surface area (Å²) in [7, 11) is 0. The summed E-state index contributed by atoms with van der Waals surface area (Å²) in [5, 5.41) is 10.1. The van der Waals surface area contributed by atoms with Crippen LogP contribution in [0.5, 0.6) is 11.5 Å². The van der Waals surface area contributed by atoms with E-state index in [-0.39, 0.29) is 12.4 Å². The second-order valence-electron chi connectivity index (χ2n) is 5.49. The number of nitrogens with zero attached hydrogens (tertiary/aromatic N) is 1. The molecule has 5 heteroatoms. The van der Waals surface area contributed by atoms with Crippen molar-refractivity contribution in [1.29, 1.82) is 0 Å². The number of rotatable bonds is 7. The number of hydrogen-bond donors (Lipinski definition) is 1. The number of pyridine rings is 1. The molecule has 0 aliphatic heterocycles. The third-order valence-corrected chi connectivity index (χ3v) is 3.64. The van der Waals surface area contributed by atoms with E-state index in [0.717, 1.165) is 11.3 Å². The van der Waals surface area contributed by atoms with Crippen LogP contribution in [0.4, 0.5) is 4.39 Å². The van der Waals surface area contributed by atoms with Crippen LogP contribution in [0.1, 0.15) is 17.2 Å². The smallest absolute Gasteiger partial charge is 0.123 e. The third kappa shape index (κ3) is 5.02. The van der Waals surface area contributed by atoms with Crippen LogP contribution in [0.25, 0.3) is 0 Å². The molecule has 1 heterocycles. The van der Waals surface area contributed by atoms with Gasteiger partial charge in [0.1, 0.15) is 36.6 Å². The van der Waals surface area contributed by atoms with Gasteiger partial charge in [-0.25, -0.2) is 4.39 Å². The highest BCUT2D eigenvalue weighted by molar-refractivity contribution is 5.31. The molecule has 0 aliphatic carbocycles. The lowest BCUT2D eigenvalue weighted by Gasteiger charge is -2.13. The Morgan fingerprint density at radius 2 is 1.44 bits per heavy atom. The van der Waals surface area contributed by atoms with E-state index in [9.17, 15) is 9.50 Å². The molecule has 1 unspecified atom stereocenters. The Morgan fingerprint density at radius 1 is 0.840 bits per heavy atom. The number of aromatic nitrogens is 1. The summed E-state index contributed by atoms with van der Waals surface area (Å²) < 4.78 is 24.1. The van der Waals surface area contributed by atoms with Crippen molar-refractivity contribution in [3.05, 3.63) is 90.0 Å². The highest BCUT2D eigenvalue weighted by Gasteiger charge is 2.08. The van der Waals surface area contributed by atoms with Crippen LogP contribution in [0.3, 0.4) is 0 Å². The fourth-order valence-corrected chi connectivity index (χ4v) is 2.23. The van der Waals surface area contributed by atoms with Crippen molar-refractivity contribution in [1.82, 2.24) is 4.98 Å². The summed E-state index contributed by atoms with van der Waals surface area (Å²) in [4.78, 5) is 3.96. The quantitative estimate of drug-likeness (QED) is 0.709. The molecule has 128 valence electrons. The molecule has 3 rings (SSSR count). The van der Waals surface area contributed by atoms with E-state index in [0.29, 0.717) is 17.9 Å². The molecular formula is C20H18FNO3. The zero-order valence-corrected chi connectivity index (χ0v) is 13.5. The van der Waals surface area contributed by atoms with Crippen LogP contribution >= 0.6 is 0 Å². The molecule has 25 heavy (non-hydrogen) atoms. The number of aliphatic hydroxyl groups is 1. The standard InChI is InChI=1S/C20H18FNO3/c21-17-3-1-16(2-4-17)20(23)14-25-19-7-5-18(6-8-19)24-13-15-9-11-22-12-10-15/h1-12,20,23H,13-14H2. The number of ether oxygens (including phenoxy) is 2. The van der Waals surface area contributed by atoms with Gasteiger partial charge in [0.2, 0.25) is 0 Å². The van der Waals surface area contributed by atoms with E-state index in [4.69, 9.17) is 9.47 Å². The summed E-state index contributed by atoms with van der Waals surface area (Å²) in [6, 6.07) is 16.7. The number of aliphatic hydroxyl groups excluding tert-OH is 1. The van der Waals surface area contributed by atoms with Gasteiger partial charge in [-0.1, -0.05) is 12.1 Å². The summed E-state index contributed by atoms with van der Waals surface area (Å²) >= 11 is 0. The van der Waals surface area contributed by atoms with E-state index in [1.807, 2.05) is 12.1 Å². The molecule has 3 aromatic rings. The summed E-state index contributed by atoms with van der Waals surface area (Å²) in [6.45, 7) is 0.550. The zero-order valence-electron chi connectivity index (χ0n) is 13.5. The zero-order chi connectivity index (χ0) is 17.5. The second kappa shape index (κ2) is 8.26. The molecular weight excluding hydrogens is 321 g/mol. The molecule has 0 radical (unpaired) electrons. The molecule has 1 atom stereocenters. The van der Waals surface area contributed by atoms with E-state index < -0.39 is 6.10 Å². The van der Waals surface area contributed by atoms with Crippen LogP contribution in [0.2, 0.25) is 0 Å². The summed E-state index contributed by atoms with van der Waals surface area (Å²) in [5.74, 6) is 1.01. The van der Waals surface area contributed by atoms with Crippen molar-refractivity contribution in [2.75, 3.05) is 6.61 Å². The van der Waals surface area contributed by atoms with Gasteiger partial charge >= 0.3 is 0 Å². The summed E-state index contributed by atoms with van der Waals surface area (Å²) in [5.41, 5.74) is 1.65. The Hall–Kier alpha value is -2.92. The third-order valence-electron chi connectivity index (χ3n) is 3.64. The van der Waals surface area contributed by atoms with Crippen molar-refractivity contribution in [3.63, 3.8) is 0 Å². The van der Waals surface area contributed by atoms with Crippen LogP contribution in [-0.2, 0) is 6.61 Å². The first kappa shape index (κ1) is 16.9. The maximum Gasteiger partial charge on any atom is 0.123 e. The molecule has 0 saturated heterocycles. The topological polar surface area (TPSA) is 51.6 Å². The predicted molar refractivity (Wildman–Crippen MR) is 91.9 cm³/mol. The SMILES string of the molecule is OC(COc1ccc(OCc2ccncc2)cc1)c1ccc(F)cc1. The first-order valence-corrected chi connectivity index (χ1v) is 7.89. The largest absolute Gasteiger partial charge is 0.491 e. The minimum absolute atomic E-state index is 0.0862. The molecule has 0 spiro atoms. The number of benzene rings is 2. The molecule has 0 amide bonds. The van der Waals surface area contributed by atoms with Gasteiger partial charge in [-0.15, -0.1) is 0 Å². The summed E-state index contributed by atoms with van der Waals surface area (Å²) in [6.07, 6.45) is 2.63. The predicted octanol–water partition coefficient (Wildman–Crippen LogP) is 3.91. The monoisotopic (exact) mass is 339 g/mol. The molecule has 2 aromatic carbocycles. The van der Waals surface area contributed by atoms with Crippen molar-refractivity contribution in [3.8, 4) is 11.5 Å². The average Bonchev–Trinajstić information content (AvgIpc) is 2.67. The van der Waals surface area contributed by atoms with Gasteiger partial charge in [-0.2, -0.15) is 0 Å². The van der Waals surface area contributed by atoms with Gasteiger partial charge in [-0.3, -0.25) is 4.98 Å². The van der Waals surface area contributed by atoms with Crippen LogP contribution in [0, 0.1) is 5.82 Å². The van der Waals surface area contributed by atoms with Crippen LogP contribution in [-0.4, -0.2) is 16.7 Å². The highest BCUT2D eigenvalue weighted by Crippen LogP contribution is 2.21. The van der Waals surface area contributed by atoms with E-state index in [1.54, 1.807) is 48.8 Å². The minimum atomic E-state index is -0.816. The Morgan fingerprint density at radius 3 is 2.08 bits per heavy atom. The van der Waals surface area contributed by atoms with Crippen LogP contribution < -0.4 is 9.47 Å². The Labute approximate surface area is 145 Å². The maximum absolute atomic E-state index is 12.9. The fourth-order valence-electron chi connectivity index (χ4n) is 2.23. The van der Waals surface area contributed by atoms with Gasteiger partial charge in [0, 0.05) is 12.4 Å². The van der Waals surface area contributed by atoms with E-state index in [2.05, 4.69) is 4.98 Å². The van der Waals surface area contributed by atoms with Gasteiger partial charge in [0.15, 0.2) is 0 Å². The van der Waals surface area contributed by atoms with Gasteiger partial charge in [-0.05, 0) is 59.7 Å². The molecule has 0 aliphatic rings. The number of halogens is 1. The van der Waals surface area contributed by atoms with Gasteiger partial charge in [0.05, 0.1) is 0 Å². The van der Waals surface area contributed by atoms with Crippen LogP contribution in [0.15, 0.2) is 73.1 Å². The fraction of sp³-hybridized carbons (Fsp3) is 0.150. The Kier molecular flexibility index (Phi) is 5.59. The van der Waals surface area contributed by atoms with Crippen molar-refractivity contribution in [2.45, 2.75) is 12.7 Å². The molecule has 4 nitrogen and oxygen atoms in total. The molecule has 1 N–H and O–H groups in total. The molecule has 0 bridgehead atoms. The molecule has 0 saturated carbocycles. The second-order valence-corrected chi connectivity index (χ2v) is 5.49. The van der Waals surface area contributed by atoms with Gasteiger partial charge < -0.3 is 14.6 Å².